The second kappa shape index (κ2) is 9.14. The lowest BCUT2D eigenvalue weighted by Crippen LogP contribution is -2.54. The van der Waals surface area contributed by atoms with Gasteiger partial charge in [-0.2, -0.15) is 0 Å². The van der Waals surface area contributed by atoms with Crippen molar-refractivity contribution in [3.05, 3.63) is 41.4 Å². The second-order valence-corrected chi connectivity index (χ2v) is 7.61. The fraction of sp³-hybridized carbons (Fsp3) is 0.450. The van der Waals surface area contributed by atoms with Crippen LogP contribution in [0, 0.1) is 0 Å². The number of carbonyl (C=O) groups excluding carboxylic acids is 3. The molecular weight excluding hydrogens is 378 g/mol. The Morgan fingerprint density at radius 2 is 1.86 bits per heavy atom. The summed E-state index contributed by atoms with van der Waals surface area (Å²) in [6.07, 6.45) is 1.30. The van der Waals surface area contributed by atoms with E-state index in [9.17, 15) is 14.4 Å². The topological polar surface area (TPSA) is 70.2 Å². The number of hydrogen-bond donors (Lipinski definition) is 0. The second-order valence-electron chi connectivity index (χ2n) is 6.61. The number of rotatable bonds is 5. The van der Waals surface area contributed by atoms with Gasteiger partial charge in [-0.1, -0.05) is 30.0 Å². The molecule has 2 heterocycles. The van der Waals surface area contributed by atoms with Crippen molar-refractivity contribution < 1.29 is 19.1 Å². The number of ether oxygens (including phenoxy) is 1. The van der Waals surface area contributed by atoms with Gasteiger partial charge in [0, 0.05) is 31.9 Å². The highest BCUT2D eigenvalue weighted by Gasteiger charge is 2.37. The number of anilines is 1. The maximum absolute atomic E-state index is 13.0. The van der Waals surface area contributed by atoms with E-state index in [4.69, 9.17) is 4.74 Å². The minimum atomic E-state index is -0.647. The third kappa shape index (κ3) is 4.49. The summed E-state index contributed by atoms with van der Waals surface area (Å²) in [5.74, 6) is -0.534. The number of nitrogens with zero attached hydrogens (tertiary/aromatic N) is 3. The highest BCUT2D eigenvalue weighted by atomic mass is 32.2. The van der Waals surface area contributed by atoms with Crippen molar-refractivity contribution in [2.45, 2.75) is 19.9 Å². The van der Waals surface area contributed by atoms with Gasteiger partial charge in [-0.05, 0) is 26.0 Å². The van der Waals surface area contributed by atoms with Crippen molar-refractivity contribution in [1.29, 1.82) is 0 Å². The lowest BCUT2D eigenvalue weighted by Gasteiger charge is -2.38. The number of carbonyl (C=O) groups is 3. The largest absolute Gasteiger partial charge is 0.463 e. The highest BCUT2D eigenvalue weighted by Crippen LogP contribution is 2.31. The summed E-state index contributed by atoms with van der Waals surface area (Å²) in [4.78, 5) is 42.5. The predicted octanol–water partition coefficient (Wildman–Crippen LogP) is 1.70. The van der Waals surface area contributed by atoms with Gasteiger partial charge >= 0.3 is 5.97 Å². The molecule has 0 aliphatic carbocycles. The van der Waals surface area contributed by atoms with Gasteiger partial charge in [0.2, 0.25) is 11.8 Å². The molecule has 2 amide bonds. The molecule has 3 rings (SSSR count). The van der Waals surface area contributed by atoms with Crippen molar-refractivity contribution in [3.8, 4) is 0 Å². The Balaban J connectivity index is 1.63. The number of para-hydroxylation sites is 1. The maximum atomic E-state index is 13.0. The molecule has 2 fully saturated rings. The smallest absolute Gasteiger partial charge is 0.333 e. The Bertz CT molecular complexity index is 760. The average Bonchev–Trinajstić information content (AvgIpc) is 3.07. The van der Waals surface area contributed by atoms with Gasteiger partial charge in [0.25, 0.3) is 0 Å². The first kappa shape index (κ1) is 20.3. The lowest BCUT2D eigenvalue weighted by atomic mass is 10.2. The molecule has 0 bridgehead atoms. The third-order valence-electron chi connectivity index (χ3n) is 4.83. The molecule has 8 heteroatoms. The third-order valence-corrected chi connectivity index (χ3v) is 5.84. The van der Waals surface area contributed by atoms with Crippen LogP contribution in [0.1, 0.15) is 13.8 Å². The van der Waals surface area contributed by atoms with Crippen molar-refractivity contribution in [2.75, 3.05) is 43.4 Å². The first-order chi connectivity index (χ1) is 13.5. The highest BCUT2D eigenvalue weighted by molar-refractivity contribution is 8.04. The average molecular weight is 404 g/mol. The summed E-state index contributed by atoms with van der Waals surface area (Å²) < 4.78 is 4.93. The zero-order valence-corrected chi connectivity index (χ0v) is 17.0. The van der Waals surface area contributed by atoms with Gasteiger partial charge in [0.15, 0.2) is 0 Å². The molecular formula is C20H25N3O4S. The van der Waals surface area contributed by atoms with E-state index in [1.54, 1.807) is 18.7 Å². The van der Waals surface area contributed by atoms with Gasteiger partial charge in [0.1, 0.15) is 6.04 Å². The van der Waals surface area contributed by atoms with Crippen LogP contribution in [0.25, 0.3) is 0 Å². The molecule has 0 N–H and O–H groups in total. The fourth-order valence-electron chi connectivity index (χ4n) is 3.40. The zero-order valence-electron chi connectivity index (χ0n) is 16.2. The molecule has 150 valence electrons. The van der Waals surface area contributed by atoms with Crippen LogP contribution < -0.4 is 4.90 Å². The molecule has 2 saturated heterocycles. The van der Waals surface area contributed by atoms with E-state index in [0.29, 0.717) is 18.1 Å². The van der Waals surface area contributed by atoms with Gasteiger partial charge in [-0.3, -0.25) is 14.5 Å². The van der Waals surface area contributed by atoms with Crippen LogP contribution >= 0.6 is 11.8 Å². The normalized spacial score (nSPS) is 19.9. The van der Waals surface area contributed by atoms with Crippen LogP contribution in [0.4, 0.5) is 5.69 Å². The molecule has 0 aromatic heterocycles. The van der Waals surface area contributed by atoms with E-state index in [2.05, 4.69) is 17.0 Å². The Kier molecular flexibility index (Phi) is 6.61. The zero-order chi connectivity index (χ0) is 20.1. The summed E-state index contributed by atoms with van der Waals surface area (Å²) in [5, 5.41) is 0.479. The van der Waals surface area contributed by atoms with Gasteiger partial charge in [-0.25, -0.2) is 4.79 Å². The van der Waals surface area contributed by atoms with Gasteiger partial charge in [-0.15, -0.1) is 0 Å². The van der Waals surface area contributed by atoms with E-state index >= 15 is 0 Å². The number of piperazine rings is 1. The SMILES string of the molecule is CCOC(=O)/C=C1\SCC(=O)N1C(C)C(=O)N1CCN(c2ccccc2)CC1. The van der Waals surface area contributed by atoms with Crippen molar-refractivity contribution >= 4 is 35.2 Å². The summed E-state index contributed by atoms with van der Waals surface area (Å²) in [6.45, 7) is 6.40. The van der Waals surface area contributed by atoms with Crippen LogP contribution in [0.2, 0.25) is 0 Å². The molecule has 0 spiro atoms. The monoisotopic (exact) mass is 403 g/mol. The predicted molar refractivity (Wildman–Crippen MR) is 109 cm³/mol. The molecule has 28 heavy (non-hydrogen) atoms. The number of amides is 2. The molecule has 2 aliphatic rings. The van der Waals surface area contributed by atoms with Crippen LogP contribution in [0.3, 0.4) is 0 Å². The minimum Gasteiger partial charge on any atom is -0.463 e. The molecule has 1 aromatic carbocycles. The van der Waals surface area contributed by atoms with Crippen molar-refractivity contribution in [3.63, 3.8) is 0 Å². The summed E-state index contributed by atoms with van der Waals surface area (Å²) >= 11 is 1.26. The molecule has 0 radical (unpaired) electrons. The number of thioether (sulfide) groups is 1. The Morgan fingerprint density at radius 1 is 1.18 bits per heavy atom. The van der Waals surface area contributed by atoms with E-state index in [1.807, 2.05) is 18.2 Å². The molecule has 1 unspecified atom stereocenters. The summed E-state index contributed by atoms with van der Waals surface area (Å²) in [6, 6.07) is 9.47. The first-order valence-electron chi connectivity index (χ1n) is 9.43. The molecule has 1 atom stereocenters. The van der Waals surface area contributed by atoms with Gasteiger partial charge < -0.3 is 14.5 Å². The van der Waals surface area contributed by atoms with Crippen LogP contribution in [0.15, 0.2) is 41.4 Å². The Hall–Kier alpha value is -2.48. The Labute approximate surface area is 169 Å². The van der Waals surface area contributed by atoms with E-state index in [1.165, 1.54) is 22.7 Å². The molecule has 1 aromatic rings. The minimum absolute atomic E-state index is 0.0988. The molecule has 0 saturated carbocycles. The lowest BCUT2D eigenvalue weighted by molar-refractivity contribution is -0.142. The number of benzene rings is 1. The number of hydrogen-bond acceptors (Lipinski definition) is 6. The maximum Gasteiger partial charge on any atom is 0.333 e. The van der Waals surface area contributed by atoms with Gasteiger partial charge in [0.05, 0.1) is 23.5 Å². The quantitative estimate of drug-likeness (QED) is 0.551. The van der Waals surface area contributed by atoms with Crippen LogP contribution in [0.5, 0.6) is 0 Å². The first-order valence-corrected chi connectivity index (χ1v) is 10.4. The van der Waals surface area contributed by atoms with Crippen LogP contribution in [-0.2, 0) is 19.1 Å². The van der Waals surface area contributed by atoms with E-state index in [-0.39, 0.29) is 24.2 Å². The molecule has 2 aliphatic heterocycles. The van der Waals surface area contributed by atoms with Crippen molar-refractivity contribution in [1.82, 2.24) is 9.80 Å². The Morgan fingerprint density at radius 3 is 2.50 bits per heavy atom. The van der Waals surface area contributed by atoms with E-state index < -0.39 is 12.0 Å². The van der Waals surface area contributed by atoms with Crippen LogP contribution in [-0.4, -0.2) is 72.2 Å². The number of esters is 1. The summed E-state index contributed by atoms with van der Waals surface area (Å²) in [7, 11) is 0. The standard InChI is InChI=1S/C20H25N3O4S/c1-3-27-19(25)13-18-23(17(24)14-28-18)15(2)20(26)22-11-9-21(10-12-22)16-7-5-4-6-8-16/h4-8,13,15H,3,9-12,14H2,1-2H3/b18-13-. The van der Waals surface area contributed by atoms with E-state index in [0.717, 1.165) is 18.8 Å². The molecule has 7 nitrogen and oxygen atoms in total. The van der Waals surface area contributed by atoms with Crippen molar-refractivity contribution in [2.24, 2.45) is 0 Å². The fourth-order valence-corrected chi connectivity index (χ4v) is 4.39. The summed E-state index contributed by atoms with van der Waals surface area (Å²) in [5.41, 5.74) is 1.15.